The minimum atomic E-state index is -1.01. The zero-order valence-corrected chi connectivity index (χ0v) is 11.2. The van der Waals surface area contributed by atoms with Gasteiger partial charge in [0.2, 0.25) is 0 Å². The number of aromatic carboxylic acids is 1. The summed E-state index contributed by atoms with van der Waals surface area (Å²) in [5.41, 5.74) is 2.06. The molecule has 0 amide bonds. The van der Waals surface area contributed by atoms with Crippen molar-refractivity contribution in [2.24, 2.45) is 0 Å². The SMILES string of the molecule is O=C(O)c1csc(NCc2cccc3cccnc23)n1. The van der Waals surface area contributed by atoms with Gasteiger partial charge in [0.15, 0.2) is 10.8 Å². The zero-order valence-electron chi connectivity index (χ0n) is 10.4. The van der Waals surface area contributed by atoms with E-state index >= 15 is 0 Å². The number of para-hydroxylation sites is 1. The van der Waals surface area contributed by atoms with Crippen LogP contribution in [0.5, 0.6) is 0 Å². The Hall–Kier alpha value is -2.47. The van der Waals surface area contributed by atoms with E-state index in [2.05, 4.69) is 15.3 Å². The van der Waals surface area contributed by atoms with Gasteiger partial charge in [-0.2, -0.15) is 0 Å². The summed E-state index contributed by atoms with van der Waals surface area (Å²) >= 11 is 1.28. The fourth-order valence-corrected chi connectivity index (χ4v) is 2.62. The van der Waals surface area contributed by atoms with Crippen molar-refractivity contribution < 1.29 is 9.90 Å². The van der Waals surface area contributed by atoms with Crippen molar-refractivity contribution in [1.82, 2.24) is 9.97 Å². The largest absolute Gasteiger partial charge is 0.476 e. The second-order valence-corrected chi connectivity index (χ2v) is 5.05. The molecule has 0 bridgehead atoms. The van der Waals surface area contributed by atoms with Crippen LogP contribution in [-0.2, 0) is 6.54 Å². The van der Waals surface area contributed by atoms with Gasteiger partial charge < -0.3 is 10.4 Å². The molecule has 1 aromatic carbocycles. The first-order valence-electron chi connectivity index (χ1n) is 5.99. The third-order valence-electron chi connectivity index (χ3n) is 2.87. The van der Waals surface area contributed by atoms with E-state index < -0.39 is 5.97 Å². The van der Waals surface area contributed by atoms with E-state index in [9.17, 15) is 4.79 Å². The lowest BCUT2D eigenvalue weighted by Gasteiger charge is -2.06. The Morgan fingerprint density at radius 3 is 2.95 bits per heavy atom. The molecule has 2 aromatic heterocycles. The number of nitrogens with zero attached hydrogens (tertiary/aromatic N) is 2. The smallest absolute Gasteiger partial charge is 0.355 e. The molecular weight excluding hydrogens is 274 g/mol. The average molecular weight is 285 g/mol. The van der Waals surface area contributed by atoms with Crippen LogP contribution in [0.1, 0.15) is 16.1 Å². The predicted octanol–water partition coefficient (Wildman–Crippen LogP) is 3.00. The summed E-state index contributed by atoms with van der Waals surface area (Å²) in [5.74, 6) is -1.01. The first kappa shape index (κ1) is 12.6. The van der Waals surface area contributed by atoms with Crippen molar-refractivity contribution in [3.8, 4) is 0 Å². The normalized spacial score (nSPS) is 10.6. The van der Waals surface area contributed by atoms with Crippen molar-refractivity contribution in [3.63, 3.8) is 0 Å². The molecule has 20 heavy (non-hydrogen) atoms. The van der Waals surface area contributed by atoms with Crippen LogP contribution in [0.15, 0.2) is 41.9 Å². The molecule has 2 N–H and O–H groups in total. The van der Waals surface area contributed by atoms with Crippen molar-refractivity contribution in [3.05, 3.63) is 53.2 Å². The Labute approximate surface area is 118 Å². The predicted molar refractivity (Wildman–Crippen MR) is 78.1 cm³/mol. The molecule has 0 saturated heterocycles. The summed E-state index contributed by atoms with van der Waals surface area (Å²) in [6.07, 6.45) is 1.76. The molecule has 3 rings (SSSR count). The van der Waals surface area contributed by atoms with Crippen molar-refractivity contribution in [2.75, 3.05) is 5.32 Å². The quantitative estimate of drug-likeness (QED) is 0.770. The molecule has 0 spiro atoms. The molecule has 6 heteroatoms. The number of hydrogen-bond acceptors (Lipinski definition) is 5. The monoisotopic (exact) mass is 285 g/mol. The van der Waals surface area contributed by atoms with E-state index in [-0.39, 0.29) is 5.69 Å². The number of carboxylic acid groups (broad SMARTS) is 1. The minimum absolute atomic E-state index is 0.0635. The highest BCUT2D eigenvalue weighted by Gasteiger charge is 2.08. The Morgan fingerprint density at radius 1 is 1.30 bits per heavy atom. The summed E-state index contributed by atoms with van der Waals surface area (Å²) in [7, 11) is 0. The molecule has 2 heterocycles. The molecule has 5 nitrogen and oxygen atoms in total. The van der Waals surface area contributed by atoms with Crippen LogP contribution in [0, 0.1) is 0 Å². The third kappa shape index (κ3) is 2.46. The average Bonchev–Trinajstić information content (AvgIpc) is 2.94. The van der Waals surface area contributed by atoms with Gasteiger partial charge in [-0.25, -0.2) is 9.78 Å². The first-order chi connectivity index (χ1) is 9.74. The van der Waals surface area contributed by atoms with Crippen molar-refractivity contribution >= 4 is 33.3 Å². The molecular formula is C14H11N3O2S. The van der Waals surface area contributed by atoms with Gasteiger partial charge in [0, 0.05) is 23.5 Å². The van der Waals surface area contributed by atoms with Crippen molar-refractivity contribution in [2.45, 2.75) is 6.54 Å². The maximum atomic E-state index is 10.8. The van der Waals surface area contributed by atoms with E-state index in [0.717, 1.165) is 16.5 Å². The lowest BCUT2D eigenvalue weighted by molar-refractivity contribution is 0.0691. The van der Waals surface area contributed by atoms with Crippen molar-refractivity contribution in [1.29, 1.82) is 0 Å². The second kappa shape index (κ2) is 5.26. The number of benzene rings is 1. The Bertz CT molecular complexity index is 764. The fraction of sp³-hybridized carbons (Fsp3) is 0.0714. The number of thiazole rings is 1. The number of carbonyl (C=O) groups is 1. The van der Waals surface area contributed by atoms with Crippen LogP contribution in [0.25, 0.3) is 10.9 Å². The molecule has 0 saturated carbocycles. The van der Waals surface area contributed by atoms with Gasteiger partial charge in [-0.3, -0.25) is 4.98 Å². The lowest BCUT2D eigenvalue weighted by atomic mass is 10.1. The lowest BCUT2D eigenvalue weighted by Crippen LogP contribution is -2.02. The highest BCUT2D eigenvalue weighted by atomic mass is 32.1. The van der Waals surface area contributed by atoms with Gasteiger partial charge in [-0.15, -0.1) is 11.3 Å². The number of hydrogen-bond donors (Lipinski definition) is 2. The first-order valence-corrected chi connectivity index (χ1v) is 6.87. The summed E-state index contributed by atoms with van der Waals surface area (Å²) in [6, 6.07) is 9.90. The van der Waals surface area contributed by atoms with Crippen LogP contribution in [-0.4, -0.2) is 21.0 Å². The zero-order chi connectivity index (χ0) is 13.9. The molecule has 0 aliphatic heterocycles. The standard InChI is InChI=1S/C14H11N3O2S/c18-13(19)11-8-20-14(17-11)16-7-10-4-1-3-9-5-2-6-15-12(9)10/h1-6,8H,7H2,(H,16,17)(H,18,19). The number of carboxylic acids is 1. The maximum absolute atomic E-state index is 10.8. The summed E-state index contributed by atoms with van der Waals surface area (Å²) < 4.78 is 0. The number of anilines is 1. The Morgan fingerprint density at radius 2 is 2.15 bits per heavy atom. The van der Waals surface area contributed by atoms with Crippen LogP contribution < -0.4 is 5.32 Å². The molecule has 0 radical (unpaired) electrons. The minimum Gasteiger partial charge on any atom is -0.476 e. The van der Waals surface area contributed by atoms with Crippen LogP contribution in [0.3, 0.4) is 0 Å². The summed E-state index contributed by atoms with van der Waals surface area (Å²) in [6.45, 7) is 0.556. The second-order valence-electron chi connectivity index (χ2n) is 4.19. The molecule has 0 fully saturated rings. The van der Waals surface area contributed by atoms with E-state index in [1.165, 1.54) is 16.7 Å². The molecule has 0 aliphatic rings. The highest BCUT2D eigenvalue weighted by molar-refractivity contribution is 7.13. The van der Waals surface area contributed by atoms with Gasteiger partial charge in [-0.1, -0.05) is 24.3 Å². The number of nitrogens with one attached hydrogen (secondary N) is 1. The summed E-state index contributed by atoms with van der Waals surface area (Å²) in [4.78, 5) is 19.1. The van der Waals surface area contributed by atoms with Crippen LogP contribution in [0.4, 0.5) is 5.13 Å². The van der Waals surface area contributed by atoms with Crippen LogP contribution in [0.2, 0.25) is 0 Å². The third-order valence-corrected chi connectivity index (χ3v) is 3.67. The molecule has 0 unspecified atom stereocenters. The number of fused-ring (bicyclic) bond motifs is 1. The number of pyridine rings is 1. The van der Waals surface area contributed by atoms with Gasteiger partial charge in [0.25, 0.3) is 0 Å². The summed E-state index contributed by atoms with van der Waals surface area (Å²) in [5, 5.41) is 15.2. The van der Waals surface area contributed by atoms with E-state index in [4.69, 9.17) is 5.11 Å². The Kier molecular flexibility index (Phi) is 3.30. The topological polar surface area (TPSA) is 75.1 Å². The van der Waals surface area contributed by atoms with E-state index in [1.54, 1.807) is 6.20 Å². The van der Waals surface area contributed by atoms with Crippen LogP contribution >= 0.6 is 11.3 Å². The number of rotatable bonds is 4. The fourth-order valence-electron chi connectivity index (χ4n) is 1.93. The molecule has 3 aromatic rings. The molecule has 100 valence electrons. The Balaban J connectivity index is 1.81. The van der Waals surface area contributed by atoms with Gasteiger partial charge in [-0.05, 0) is 11.6 Å². The highest BCUT2D eigenvalue weighted by Crippen LogP contribution is 2.19. The molecule has 0 atom stereocenters. The molecule has 0 aliphatic carbocycles. The number of aromatic nitrogens is 2. The van der Waals surface area contributed by atoms with Gasteiger partial charge >= 0.3 is 5.97 Å². The van der Waals surface area contributed by atoms with Gasteiger partial charge in [0.1, 0.15) is 0 Å². The van der Waals surface area contributed by atoms with Gasteiger partial charge in [0.05, 0.1) is 5.52 Å². The maximum Gasteiger partial charge on any atom is 0.355 e. The van der Waals surface area contributed by atoms with E-state index in [0.29, 0.717) is 11.7 Å². The van der Waals surface area contributed by atoms with E-state index in [1.807, 2.05) is 30.3 Å².